The van der Waals surface area contributed by atoms with Gasteiger partial charge in [0.2, 0.25) is 0 Å². The first kappa shape index (κ1) is 21.0. The van der Waals surface area contributed by atoms with Gasteiger partial charge in [0.05, 0.1) is 18.7 Å². The Morgan fingerprint density at radius 2 is 1.90 bits per heavy atom. The molecule has 1 unspecified atom stereocenters. The van der Waals surface area contributed by atoms with Crippen molar-refractivity contribution in [2.24, 2.45) is 0 Å². The van der Waals surface area contributed by atoms with Crippen LogP contribution in [0.1, 0.15) is 22.7 Å². The minimum absolute atomic E-state index is 0.0587. The molecule has 0 aliphatic carbocycles. The fourth-order valence-electron chi connectivity index (χ4n) is 3.65. The van der Waals surface area contributed by atoms with Crippen molar-refractivity contribution in [3.8, 4) is 5.75 Å². The summed E-state index contributed by atoms with van der Waals surface area (Å²) in [5.74, 6) is -1.06. The smallest absolute Gasteiger partial charge is 0.295 e. The Kier molecular flexibility index (Phi) is 6.03. The fourth-order valence-corrected chi connectivity index (χ4v) is 4.01. The molecule has 1 fully saturated rings. The fraction of sp³-hybridized carbons (Fsp3) is 0.125. The monoisotopic (exact) mass is 526 g/mol. The second kappa shape index (κ2) is 8.89. The largest absolute Gasteiger partial charge is 0.507 e. The van der Waals surface area contributed by atoms with Crippen molar-refractivity contribution < 1.29 is 19.4 Å². The molecule has 0 radical (unpaired) electrons. The van der Waals surface area contributed by atoms with Crippen molar-refractivity contribution >= 4 is 40.0 Å². The lowest BCUT2D eigenvalue weighted by Gasteiger charge is -2.25. The van der Waals surface area contributed by atoms with Crippen LogP contribution >= 0.6 is 22.6 Å². The molecule has 2 aromatic carbocycles. The van der Waals surface area contributed by atoms with E-state index < -0.39 is 17.7 Å². The van der Waals surface area contributed by atoms with Crippen LogP contribution in [0.3, 0.4) is 0 Å². The van der Waals surface area contributed by atoms with E-state index in [9.17, 15) is 14.7 Å². The van der Waals surface area contributed by atoms with Crippen molar-refractivity contribution in [3.05, 3.63) is 98.9 Å². The number of benzene rings is 2. The van der Waals surface area contributed by atoms with Crippen molar-refractivity contribution in [1.82, 2.24) is 9.88 Å². The number of carbonyl (C=O) groups excluding carboxylic acids is 2. The lowest BCUT2D eigenvalue weighted by molar-refractivity contribution is -0.140. The predicted molar refractivity (Wildman–Crippen MR) is 124 cm³/mol. The number of halogens is 1. The van der Waals surface area contributed by atoms with Gasteiger partial charge in [-0.05, 0) is 64.0 Å². The minimum Gasteiger partial charge on any atom is -0.507 e. The summed E-state index contributed by atoms with van der Waals surface area (Å²) in [7, 11) is 1.53. The lowest BCUT2D eigenvalue weighted by Crippen LogP contribution is -2.29. The van der Waals surface area contributed by atoms with Gasteiger partial charge in [0.1, 0.15) is 11.5 Å². The summed E-state index contributed by atoms with van der Waals surface area (Å²) in [4.78, 5) is 31.7. The quantitative estimate of drug-likeness (QED) is 0.232. The number of likely N-dealkylation sites (tertiary alicyclic amines) is 1. The van der Waals surface area contributed by atoms with Crippen molar-refractivity contribution in [1.29, 1.82) is 0 Å². The van der Waals surface area contributed by atoms with Gasteiger partial charge in [0.25, 0.3) is 11.7 Å². The van der Waals surface area contributed by atoms with Gasteiger partial charge in [0, 0.05) is 28.1 Å². The van der Waals surface area contributed by atoms with Crippen LogP contribution in [0.4, 0.5) is 0 Å². The average Bonchev–Trinajstić information content (AvgIpc) is 3.05. The van der Waals surface area contributed by atoms with Gasteiger partial charge in [-0.2, -0.15) is 0 Å². The molecule has 4 rings (SSSR count). The van der Waals surface area contributed by atoms with Gasteiger partial charge < -0.3 is 14.7 Å². The number of amides is 1. The van der Waals surface area contributed by atoms with Gasteiger partial charge in [-0.25, -0.2) is 0 Å². The molecule has 1 aliphatic heterocycles. The van der Waals surface area contributed by atoms with Crippen LogP contribution in [0.2, 0.25) is 0 Å². The first-order valence-corrected chi connectivity index (χ1v) is 10.6. The van der Waals surface area contributed by atoms with Crippen LogP contribution in [-0.4, -0.2) is 33.8 Å². The van der Waals surface area contributed by atoms with E-state index in [0.29, 0.717) is 11.3 Å². The number of carbonyl (C=O) groups is 2. The molecule has 0 saturated carbocycles. The molecule has 0 spiro atoms. The van der Waals surface area contributed by atoms with E-state index in [0.717, 1.165) is 14.7 Å². The SMILES string of the molecule is COc1cccc(/C(O)=C2\C(=O)C(=O)N(Cc3cccnc3)C2c2ccc(I)cc2)c1. The lowest BCUT2D eigenvalue weighted by atomic mass is 9.95. The Morgan fingerprint density at radius 3 is 2.58 bits per heavy atom. The summed E-state index contributed by atoms with van der Waals surface area (Å²) < 4.78 is 6.26. The second-order valence-electron chi connectivity index (χ2n) is 7.07. The summed E-state index contributed by atoms with van der Waals surface area (Å²) in [5.41, 5.74) is 2.01. The number of methoxy groups -OCH3 is 1. The molecule has 156 valence electrons. The van der Waals surface area contributed by atoms with Crippen LogP contribution in [-0.2, 0) is 16.1 Å². The van der Waals surface area contributed by atoms with E-state index in [-0.39, 0.29) is 17.9 Å². The molecular weight excluding hydrogens is 507 g/mol. The predicted octanol–water partition coefficient (Wildman–Crippen LogP) is 4.32. The maximum absolute atomic E-state index is 13.1. The average molecular weight is 526 g/mol. The summed E-state index contributed by atoms with van der Waals surface area (Å²) in [6, 6.07) is 17.2. The summed E-state index contributed by atoms with van der Waals surface area (Å²) in [5, 5.41) is 11.1. The topological polar surface area (TPSA) is 79.7 Å². The van der Waals surface area contributed by atoms with Crippen LogP contribution in [0.25, 0.3) is 5.76 Å². The van der Waals surface area contributed by atoms with E-state index in [2.05, 4.69) is 27.6 Å². The molecule has 1 amide bonds. The summed E-state index contributed by atoms with van der Waals surface area (Å²) in [6.07, 6.45) is 3.31. The zero-order chi connectivity index (χ0) is 22.0. The molecule has 1 atom stereocenters. The maximum atomic E-state index is 13.1. The number of aliphatic hydroxyl groups excluding tert-OH is 1. The van der Waals surface area contributed by atoms with Gasteiger partial charge in [-0.1, -0.05) is 30.3 Å². The minimum atomic E-state index is -0.719. The van der Waals surface area contributed by atoms with E-state index in [1.165, 1.54) is 12.0 Å². The molecule has 1 aromatic heterocycles. The molecular formula is C24H19IN2O4. The maximum Gasteiger partial charge on any atom is 0.295 e. The van der Waals surface area contributed by atoms with Gasteiger partial charge >= 0.3 is 0 Å². The third kappa shape index (κ3) is 4.18. The number of rotatable bonds is 5. The highest BCUT2D eigenvalue weighted by Crippen LogP contribution is 2.40. The Labute approximate surface area is 193 Å². The zero-order valence-electron chi connectivity index (χ0n) is 16.7. The van der Waals surface area contributed by atoms with E-state index >= 15 is 0 Å². The molecule has 1 aliphatic rings. The Morgan fingerprint density at radius 1 is 1.13 bits per heavy atom. The molecule has 3 aromatic rings. The number of aromatic nitrogens is 1. The number of Topliss-reactive ketones (excluding diaryl/α,β-unsaturated/α-hetero) is 1. The van der Waals surface area contributed by atoms with Crippen molar-refractivity contribution in [3.63, 3.8) is 0 Å². The van der Waals surface area contributed by atoms with Crippen LogP contribution < -0.4 is 4.74 Å². The van der Waals surface area contributed by atoms with Gasteiger partial charge in [-0.3, -0.25) is 14.6 Å². The van der Waals surface area contributed by atoms with Crippen molar-refractivity contribution in [2.75, 3.05) is 7.11 Å². The normalized spacial score (nSPS) is 17.7. The highest BCUT2D eigenvalue weighted by molar-refractivity contribution is 14.1. The second-order valence-corrected chi connectivity index (χ2v) is 8.32. The third-order valence-corrected chi connectivity index (χ3v) is 5.86. The summed E-state index contributed by atoms with van der Waals surface area (Å²) >= 11 is 2.20. The van der Waals surface area contributed by atoms with E-state index in [4.69, 9.17) is 4.74 Å². The van der Waals surface area contributed by atoms with Gasteiger partial charge in [-0.15, -0.1) is 0 Å². The number of ketones is 1. The van der Waals surface area contributed by atoms with Crippen molar-refractivity contribution in [2.45, 2.75) is 12.6 Å². The number of ether oxygens (including phenoxy) is 1. The molecule has 1 N–H and O–H groups in total. The van der Waals surface area contributed by atoms with E-state index in [1.54, 1.807) is 42.7 Å². The van der Waals surface area contributed by atoms with E-state index in [1.807, 2.05) is 30.3 Å². The summed E-state index contributed by atoms with van der Waals surface area (Å²) in [6.45, 7) is 0.198. The zero-order valence-corrected chi connectivity index (χ0v) is 18.8. The number of pyridine rings is 1. The van der Waals surface area contributed by atoms with Gasteiger partial charge in [0.15, 0.2) is 0 Å². The first-order chi connectivity index (χ1) is 15.0. The Hall–Kier alpha value is -3.20. The van der Waals surface area contributed by atoms with Crippen LogP contribution in [0, 0.1) is 3.57 Å². The number of nitrogens with zero attached hydrogens (tertiary/aromatic N) is 2. The van der Waals surface area contributed by atoms with Crippen LogP contribution in [0.15, 0.2) is 78.6 Å². The molecule has 0 bridgehead atoms. The highest BCUT2D eigenvalue weighted by atomic mass is 127. The third-order valence-electron chi connectivity index (χ3n) is 5.14. The number of hydrogen-bond acceptors (Lipinski definition) is 5. The first-order valence-electron chi connectivity index (χ1n) is 9.57. The molecule has 31 heavy (non-hydrogen) atoms. The number of aliphatic hydroxyl groups is 1. The molecule has 1 saturated heterocycles. The molecule has 2 heterocycles. The standard InChI is InChI=1S/C24H19IN2O4/c1-31-19-6-2-5-17(12-19)22(28)20-21(16-7-9-18(25)10-8-16)27(24(30)23(20)29)14-15-4-3-11-26-13-15/h2-13,21,28H,14H2,1H3/b22-20+. The number of hydrogen-bond donors (Lipinski definition) is 1. The molecule has 6 nitrogen and oxygen atoms in total. The molecule has 7 heteroatoms. The Bertz CT molecular complexity index is 1160. The Balaban J connectivity index is 1.86. The highest BCUT2D eigenvalue weighted by Gasteiger charge is 2.46. The van der Waals surface area contributed by atoms with Crippen LogP contribution in [0.5, 0.6) is 5.75 Å².